The molecule has 1 fully saturated rings. The number of rotatable bonds is 3. The van der Waals surface area contributed by atoms with Gasteiger partial charge in [0.1, 0.15) is 0 Å². The fourth-order valence-corrected chi connectivity index (χ4v) is 2.29. The molecule has 3 heteroatoms. The van der Waals surface area contributed by atoms with Crippen LogP contribution in [-0.2, 0) is 0 Å². The first-order valence-electron chi connectivity index (χ1n) is 5.17. The molecule has 1 aliphatic rings. The zero-order chi connectivity index (χ0) is 9.84. The molecule has 2 atom stereocenters. The quantitative estimate of drug-likeness (QED) is 0.579. The van der Waals surface area contributed by atoms with Crippen molar-refractivity contribution in [3.63, 3.8) is 0 Å². The Morgan fingerprint density at radius 2 is 1.92 bits per heavy atom. The number of alkyl halides is 1. The van der Waals surface area contributed by atoms with Gasteiger partial charge in [-0.25, -0.2) is 0 Å². The minimum Gasteiger partial charge on any atom is -0.301 e. The van der Waals surface area contributed by atoms with Crippen LogP contribution < -0.4 is 0 Å². The van der Waals surface area contributed by atoms with Gasteiger partial charge < -0.3 is 4.90 Å². The van der Waals surface area contributed by atoms with Crippen LogP contribution in [0, 0.1) is 0 Å². The van der Waals surface area contributed by atoms with E-state index < -0.39 is 0 Å². The summed E-state index contributed by atoms with van der Waals surface area (Å²) in [7, 11) is 2.23. The molecule has 2 unspecified atom stereocenters. The number of hydrogen-bond acceptors (Lipinski definition) is 2. The third-order valence-electron chi connectivity index (χ3n) is 3.29. The highest BCUT2D eigenvalue weighted by Crippen LogP contribution is 2.15. The summed E-state index contributed by atoms with van der Waals surface area (Å²) < 4.78 is 1.28. The molecule has 0 spiro atoms. The third-order valence-corrected chi connectivity index (χ3v) is 4.05. The maximum Gasteiger partial charge on any atom is 0.0221 e. The molecular formula is C10H21IN2. The van der Waals surface area contributed by atoms with Crippen molar-refractivity contribution in [2.24, 2.45) is 0 Å². The second-order valence-corrected chi connectivity index (χ2v) is 5.12. The van der Waals surface area contributed by atoms with Gasteiger partial charge in [0.2, 0.25) is 0 Å². The maximum absolute atomic E-state index is 2.63. The monoisotopic (exact) mass is 296 g/mol. The van der Waals surface area contributed by atoms with E-state index in [2.05, 4.69) is 53.3 Å². The van der Waals surface area contributed by atoms with E-state index in [1.165, 1.54) is 30.5 Å². The van der Waals surface area contributed by atoms with Crippen LogP contribution in [0.1, 0.15) is 20.3 Å². The van der Waals surface area contributed by atoms with E-state index in [0.29, 0.717) is 6.04 Å². The Morgan fingerprint density at radius 1 is 1.23 bits per heavy atom. The molecule has 1 heterocycles. The number of piperazine rings is 1. The molecule has 1 rings (SSSR count). The van der Waals surface area contributed by atoms with Gasteiger partial charge >= 0.3 is 0 Å². The first kappa shape index (κ1) is 11.7. The lowest BCUT2D eigenvalue weighted by Crippen LogP contribution is -2.55. The molecule has 13 heavy (non-hydrogen) atoms. The van der Waals surface area contributed by atoms with Gasteiger partial charge in [0, 0.05) is 29.6 Å². The molecule has 78 valence electrons. The number of halogens is 1. The van der Waals surface area contributed by atoms with Crippen molar-refractivity contribution in [1.82, 2.24) is 9.80 Å². The highest BCUT2D eigenvalue weighted by molar-refractivity contribution is 14.1. The molecule has 1 aliphatic heterocycles. The number of nitrogens with zero attached hydrogens (tertiary/aromatic N) is 2. The second kappa shape index (κ2) is 5.51. The lowest BCUT2D eigenvalue weighted by atomic mass is 10.1. The standard InChI is InChI=1S/C10H21IN2/c1-9-10(2)13(6-4-5-11)8-7-12(9)3/h9-10H,4-8H2,1-3H3. The average Bonchev–Trinajstić information content (AvgIpc) is 2.13. The molecule has 0 aliphatic carbocycles. The molecule has 0 saturated carbocycles. The minimum absolute atomic E-state index is 0.711. The Kier molecular flexibility index (Phi) is 4.97. The summed E-state index contributed by atoms with van der Waals surface area (Å²) in [5, 5.41) is 0. The maximum atomic E-state index is 2.63. The first-order valence-corrected chi connectivity index (χ1v) is 6.69. The summed E-state index contributed by atoms with van der Waals surface area (Å²) in [6.07, 6.45) is 1.33. The molecule has 0 aromatic rings. The lowest BCUT2D eigenvalue weighted by Gasteiger charge is -2.43. The van der Waals surface area contributed by atoms with E-state index in [-0.39, 0.29) is 0 Å². The normalized spacial score (nSPS) is 32.3. The smallest absolute Gasteiger partial charge is 0.0221 e. The van der Waals surface area contributed by atoms with Crippen LogP contribution in [0.15, 0.2) is 0 Å². The first-order chi connectivity index (χ1) is 6.16. The Bertz CT molecular complexity index is 150. The van der Waals surface area contributed by atoms with Gasteiger partial charge in [0.05, 0.1) is 0 Å². The fraction of sp³-hybridized carbons (Fsp3) is 1.00. The zero-order valence-electron chi connectivity index (χ0n) is 8.96. The predicted molar refractivity (Wildman–Crippen MR) is 66.6 cm³/mol. The molecule has 0 amide bonds. The van der Waals surface area contributed by atoms with Crippen LogP contribution in [0.25, 0.3) is 0 Å². The molecule has 0 aromatic heterocycles. The van der Waals surface area contributed by atoms with E-state index in [1.807, 2.05) is 0 Å². The number of hydrogen-bond donors (Lipinski definition) is 0. The summed E-state index contributed by atoms with van der Waals surface area (Å²) >= 11 is 2.46. The molecule has 0 bridgehead atoms. The lowest BCUT2D eigenvalue weighted by molar-refractivity contribution is 0.0532. The van der Waals surface area contributed by atoms with Crippen molar-refractivity contribution < 1.29 is 0 Å². The predicted octanol–water partition coefficient (Wildman–Crippen LogP) is 1.84. The van der Waals surface area contributed by atoms with Crippen molar-refractivity contribution in [2.45, 2.75) is 32.4 Å². The van der Waals surface area contributed by atoms with Crippen molar-refractivity contribution in [3.8, 4) is 0 Å². The van der Waals surface area contributed by atoms with Gasteiger partial charge in [-0.1, -0.05) is 22.6 Å². The van der Waals surface area contributed by atoms with E-state index in [4.69, 9.17) is 0 Å². The van der Waals surface area contributed by atoms with Crippen LogP contribution in [0.5, 0.6) is 0 Å². The summed E-state index contributed by atoms with van der Waals surface area (Å²) in [6, 6.07) is 1.43. The van der Waals surface area contributed by atoms with E-state index in [0.717, 1.165) is 6.04 Å². The van der Waals surface area contributed by atoms with Crippen molar-refractivity contribution in [3.05, 3.63) is 0 Å². The van der Waals surface area contributed by atoms with Gasteiger partial charge in [0.25, 0.3) is 0 Å². The van der Waals surface area contributed by atoms with Crippen molar-refractivity contribution >= 4 is 22.6 Å². The van der Waals surface area contributed by atoms with E-state index in [9.17, 15) is 0 Å². The largest absolute Gasteiger partial charge is 0.301 e. The Hall–Kier alpha value is 0.650. The minimum atomic E-state index is 0.711. The Balaban J connectivity index is 2.39. The highest BCUT2D eigenvalue weighted by atomic mass is 127. The number of likely N-dealkylation sites (N-methyl/N-ethyl adjacent to an activating group) is 1. The zero-order valence-corrected chi connectivity index (χ0v) is 11.1. The van der Waals surface area contributed by atoms with Crippen molar-refractivity contribution in [2.75, 3.05) is 31.1 Å². The van der Waals surface area contributed by atoms with Gasteiger partial charge in [-0.2, -0.15) is 0 Å². The van der Waals surface area contributed by atoms with Crippen molar-refractivity contribution in [1.29, 1.82) is 0 Å². The third kappa shape index (κ3) is 3.06. The summed E-state index contributed by atoms with van der Waals surface area (Å²) in [4.78, 5) is 5.09. The van der Waals surface area contributed by atoms with E-state index >= 15 is 0 Å². The molecule has 2 nitrogen and oxygen atoms in total. The fourth-order valence-electron chi connectivity index (χ4n) is 1.95. The van der Waals surface area contributed by atoms with Gasteiger partial charge in [-0.3, -0.25) is 4.90 Å². The SMILES string of the molecule is CC1C(C)N(CCCI)CCN1C. The van der Waals surface area contributed by atoms with Crippen LogP contribution in [0.3, 0.4) is 0 Å². The Labute approximate surface area is 95.8 Å². The topological polar surface area (TPSA) is 6.48 Å². The van der Waals surface area contributed by atoms with E-state index in [1.54, 1.807) is 0 Å². The molecule has 1 saturated heterocycles. The Morgan fingerprint density at radius 3 is 2.54 bits per heavy atom. The molecule has 0 N–H and O–H groups in total. The van der Waals surface area contributed by atoms with Crippen LogP contribution >= 0.6 is 22.6 Å². The second-order valence-electron chi connectivity index (χ2n) is 4.04. The molecule has 0 aromatic carbocycles. The van der Waals surface area contributed by atoms with Crippen LogP contribution in [0.4, 0.5) is 0 Å². The van der Waals surface area contributed by atoms with Gasteiger partial charge in [-0.05, 0) is 33.9 Å². The molecule has 0 radical (unpaired) electrons. The summed E-state index contributed by atoms with van der Waals surface area (Å²) in [6.45, 7) is 8.45. The highest BCUT2D eigenvalue weighted by Gasteiger charge is 2.27. The van der Waals surface area contributed by atoms with Gasteiger partial charge in [0.15, 0.2) is 0 Å². The average molecular weight is 296 g/mol. The van der Waals surface area contributed by atoms with Crippen LogP contribution in [-0.4, -0.2) is 53.0 Å². The molecular weight excluding hydrogens is 275 g/mol. The summed E-state index contributed by atoms with van der Waals surface area (Å²) in [5.74, 6) is 0. The van der Waals surface area contributed by atoms with Crippen LogP contribution in [0.2, 0.25) is 0 Å². The summed E-state index contributed by atoms with van der Waals surface area (Å²) in [5.41, 5.74) is 0. The van der Waals surface area contributed by atoms with Gasteiger partial charge in [-0.15, -0.1) is 0 Å².